The highest BCUT2D eigenvalue weighted by atomic mass is 19.4. The van der Waals surface area contributed by atoms with E-state index in [9.17, 15) is 27.2 Å². The molecule has 11 heteroatoms. The smallest absolute Gasteiger partial charge is 0.366 e. The Hall–Kier alpha value is -3.08. The molecule has 7 nitrogen and oxygen atoms in total. The fourth-order valence-electron chi connectivity index (χ4n) is 4.17. The molecule has 1 fully saturated rings. The summed E-state index contributed by atoms with van der Waals surface area (Å²) in [5.74, 6) is -2.88. The second-order valence-electron chi connectivity index (χ2n) is 9.42. The third-order valence-electron chi connectivity index (χ3n) is 6.68. The number of rotatable bonds is 11. The Labute approximate surface area is 208 Å². The van der Waals surface area contributed by atoms with E-state index in [2.05, 4.69) is 22.0 Å². The molecule has 36 heavy (non-hydrogen) atoms. The van der Waals surface area contributed by atoms with Crippen LogP contribution in [0.1, 0.15) is 49.0 Å². The van der Waals surface area contributed by atoms with E-state index >= 15 is 0 Å². The highest BCUT2D eigenvalue weighted by Gasteiger charge is 2.67. The fraction of sp³-hybridized carbons (Fsp3) is 0.520. The van der Waals surface area contributed by atoms with Crippen molar-refractivity contribution in [1.82, 2.24) is 10.2 Å². The molecule has 0 saturated heterocycles. The minimum atomic E-state index is -4.45. The van der Waals surface area contributed by atoms with Gasteiger partial charge < -0.3 is 16.0 Å². The van der Waals surface area contributed by atoms with Gasteiger partial charge in [0.15, 0.2) is 0 Å². The molecule has 1 aromatic rings. The number of aliphatic imine (C=N–C) groups is 2. The molecule has 1 aliphatic carbocycles. The number of nitrogens with zero attached hydrogens (tertiary/aromatic N) is 3. The number of hydrogen-bond donors (Lipinski definition) is 2. The van der Waals surface area contributed by atoms with E-state index in [1.165, 1.54) is 25.3 Å². The number of allylic oxidation sites excluding steroid dienone is 1. The van der Waals surface area contributed by atoms with E-state index in [1.807, 2.05) is 4.90 Å². The number of amides is 2. The van der Waals surface area contributed by atoms with Crippen LogP contribution in [-0.4, -0.2) is 62.1 Å². The maximum Gasteiger partial charge on any atom is 0.395 e. The molecular formula is C25H33F4N5O2. The number of nitrogens with two attached hydrogens (primary N) is 1. The number of nitrogens with one attached hydrogen (secondary N) is 1. The third-order valence-corrected chi connectivity index (χ3v) is 6.68. The first kappa shape index (κ1) is 29.2. The molecule has 0 aliphatic heterocycles. The first-order valence-electron chi connectivity index (χ1n) is 11.5. The lowest BCUT2D eigenvalue weighted by Gasteiger charge is -2.30. The summed E-state index contributed by atoms with van der Waals surface area (Å²) in [7, 11) is 3.55. The summed E-state index contributed by atoms with van der Waals surface area (Å²) in [6, 6.07) is 3.82. The number of hydrogen-bond acceptors (Lipinski definition) is 4. The largest absolute Gasteiger partial charge is 0.395 e. The van der Waals surface area contributed by atoms with E-state index in [0.29, 0.717) is 23.4 Å². The van der Waals surface area contributed by atoms with Crippen LogP contribution < -0.4 is 11.1 Å². The molecule has 2 amide bonds. The maximum absolute atomic E-state index is 14.1. The van der Waals surface area contributed by atoms with Crippen molar-refractivity contribution < 1.29 is 27.2 Å². The van der Waals surface area contributed by atoms with E-state index in [0.717, 1.165) is 0 Å². The molecule has 3 N–H and O–H groups in total. The Morgan fingerprint density at radius 3 is 2.39 bits per heavy atom. The lowest BCUT2D eigenvalue weighted by Crippen LogP contribution is -2.43. The van der Waals surface area contributed by atoms with Crippen LogP contribution in [0.25, 0.3) is 0 Å². The van der Waals surface area contributed by atoms with E-state index in [1.54, 1.807) is 27.1 Å². The Kier molecular flexibility index (Phi) is 9.53. The van der Waals surface area contributed by atoms with Gasteiger partial charge in [0.1, 0.15) is 11.7 Å². The van der Waals surface area contributed by atoms with Gasteiger partial charge in [-0.3, -0.25) is 9.59 Å². The zero-order chi connectivity index (χ0) is 27.3. The van der Waals surface area contributed by atoms with E-state index in [4.69, 9.17) is 5.73 Å². The van der Waals surface area contributed by atoms with Gasteiger partial charge >= 0.3 is 6.18 Å². The summed E-state index contributed by atoms with van der Waals surface area (Å²) in [6.07, 6.45) is -3.23. The molecule has 0 bridgehead atoms. The Bertz CT molecular complexity index is 1050. The predicted molar refractivity (Wildman–Crippen MR) is 131 cm³/mol. The Morgan fingerprint density at radius 2 is 1.92 bits per heavy atom. The van der Waals surface area contributed by atoms with Crippen molar-refractivity contribution in [1.29, 1.82) is 0 Å². The normalized spacial score (nSPS) is 17.5. The number of carbonyl (C=O) groups excluding carboxylic acids is 2. The van der Waals surface area contributed by atoms with Crippen LogP contribution in [0.5, 0.6) is 0 Å². The maximum atomic E-state index is 14.1. The van der Waals surface area contributed by atoms with Gasteiger partial charge in [-0.15, -0.1) is 0 Å². The molecule has 1 aromatic carbocycles. The molecule has 1 saturated carbocycles. The van der Waals surface area contributed by atoms with Crippen LogP contribution >= 0.6 is 0 Å². The summed E-state index contributed by atoms with van der Waals surface area (Å²) in [5, 5.41) is 2.73. The van der Waals surface area contributed by atoms with E-state index in [-0.39, 0.29) is 37.4 Å². The highest BCUT2D eigenvalue weighted by Crippen LogP contribution is 2.64. The van der Waals surface area contributed by atoms with Crippen LogP contribution in [0, 0.1) is 17.2 Å². The summed E-state index contributed by atoms with van der Waals surface area (Å²) in [4.78, 5) is 33.5. The lowest BCUT2D eigenvalue weighted by atomic mass is 9.80. The third kappa shape index (κ3) is 7.22. The molecule has 0 aromatic heterocycles. The molecule has 0 spiro atoms. The topological polar surface area (TPSA) is 100 Å². The highest BCUT2D eigenvalue weighted by molar-refractivity contribution is 5.93. The summed E-state index contributed by atoms with van der Waals surface area (Å²) in [6.45, 7) is 6.58. The van der Waals surface area contributed by atoms with Gasteiger partial charge in [-0.1, -0.05) is 11.6 Å². The standard InChI is InChI=1S/C25H33F4N5O2/c1-15(13-32-16(2)31-3)20(24(8-9-24)25(27,28)29)12-22(35)33-14-18(34(4)5)10-17-6-7-19(23(30)36)21(26)11-17/h6-7,11,13,18,20H,3,8-10,12,14H2,1-2,4-5H3,(H2,30,36)(H,33,35)/b15-13+,32-16?/t18-,20+/m0/s1. The van der Waals surface area contributed by atoms with Gasteiger partial charge in [-0.2, -0.15) is 13.2 Å². The minimum Gasteiger partial charge on any atom is -0.366 e. The molecular weight excluding hydrogens is 478 g/mol. The number of likely N-dealkylation sites (N-methyl/N-ethyl adjacent to an activating group) is 1. The minimum absolute atomic E-state index is 0.0464. The van der Waals surface area contributed by atoms with Crippen molar-refractivity contribution in [2.75, 3.05) is 20.6 Å². The van der Waals surface area contributed by atoms with Gasteiger partial charge in [-0.25, -0.2) is 14.4 Å². The molecule has 2 rings (SSSR count). The van der Waals surface area contributed by atoms with Crippen molar-refractivity contribution in [3.05, 3.63) is 46.9 Å². The van der Waals surface area contributed by atoms with Gasteiger partial charge in [-0.05, 0) is 71.6 Å². The van der Waals surface area contributed by atoms with Crippen molar-refractivity contribution in [2.24, 2.45) is 27.1 Å². The zero-order valence-electron chi connectivity index (χ0n) is 21.0. The quantitative estimate of drug-likeness (QED) is 0.268. The fourth-order valence-corrected chi connectivity index (χ4v) is 4.17. The molecule has 0 heterocycles. The first-order valence-corrected chi connectivity index (χ1v) is 11.5. The Balaban J connectivity index is 2.14. The number of carbonyl (C=O) groups is 2. The second kappa shape index (κ2) is 11.8. The first-order chi connectivity index (χ1) is 16.7. The average Bonchev–Trinajstić information content (AvgIpc) is 3.60. The second-order valence-corrected chi connectivity index (χ2v) is 9.42. The van der Waals surface area contributed by atoms with Crippen molar-refractivity contribution in [3.63, 3.8) is 0 Å². The zero-order valence-corrected chi connectivity index (χ0v) is 21.0. The number of amidine groups is 1. The molecule has 0 radical (unpaired) electrons. The van der Waals surface area contributed by atoms with Crippen molar-refractivity contribution in [3.8, 4) is 0 Å². The van der Waals surface area contributed by atoms with Crippen LogP contribution in [0.15, 0.2) is 40.0 Å². The SMILES string of the molecule is C=NC(C)=N/C=C(\C)[C@@H](CC(=O)NC[C@H](Cc1ccc(C(N)=O)c(F)c1)N(C)C)C1(C(F)(F)F)CC1. The summed E-state index contributed by atoms with van der Waals surface area (Å²) < 4.78 is 55.9. The van der Waals surface area contributed by atoms with Crippen LogP contribution in [0.4, 0.5) is 17.6 Å². The number of halogens is 4. The lowest BCUT2D eigenvalue weighted by molar-refractivity contribution is -0.199. The van der Waals surface area contributed by atoms with Crippen LogP contribution in [-0.2, 0) is 11.2 Å². The van der Waals surface area contributed by atoms with Crippen LogP contribution in [0.2, 0.25) is 0 Å². The number of primary amides is 1. The molecule has 1 aliphatic rings. The monoisotopic (exact) mass is 511 g/mol. The average molecular weight is 512 g/mol. The van der Waals surface area contributed by atoms with Crippen molar-refractivity contribution >= 4 is 24.4 Å². The van der Waals surface area contributed by atoms with Gasteiger partial charge in [0, 0.05) is 31.1 Å². The molecule has 0 unspecified atom stereocenters. The molecule has 198 valence electrons. The van der Waals surface area contributed by atoms with E-state index < -0.39 is 35.1 Å². The van der Waals surface area contributed by atoms with Gasteiger partial charge in [0.2, 0.25) is 5.91 Å². The van der Waals surface area contributed by atoms with Gasteiger partial charge in [0.25, 0.3) is 5.91 Å². The van der Waals surface area contributed by atoms with Crippen LogP contribution in [0.3, 0.4) is 0 Å². The summed E-state index contributed by atoms with van der Waals surface area (Å²) in [5.41, 5.74) is 3.90. The summed E-state index contributed by atoms with van der Waals surface area (Å²) >= 11 is 0. The van der Waals surface area contributed by atoms with Crippen molar-refractivity contribution in [2.45, 2.75) is 51.7 Å². The molecule has 2 atom stereocenters. The number of alkyl halides is 3. The number of benzene rings is 1. The predicted octanol–water partition coefficient (Wildman–Crippen LogP) is 3.89. The van der Waals surface area contributed by atoms with Gasteiger partial charge in [0.05, 0.1) is 11.0 Å². The Morgan fingerprint density at radius 1 is 1.28 bits per heavy atom.